The van der Waals surface area contributed by atoms with E-state index < -0.39 is 6.67 Å². The third-order valence-corrected chi connectivity index (χ3v) is 3.37. The fraction of sp³-hybridized carbons (Fsp3) is 0.818. The Labute approximate surface area is 94.4 Å². The number of rotatable bonds is 3. The Morgan fingerprint density at radius 3 is 2.81 bits per heavy atom. The minimum Gasteiger partial charge on any atom is -0.336 e. The molecule has 16 heavy (non-hydrogen) atoms. The van der Waals surface area contributed by atoms with Gasteiger partial charge in [-0.05, 0) is 19.3 Å². The van der Waals surface area contributed by atoms with Crippen molar-refractivity contribution in [1.82, 2.24) is 9.80 Å². The van der Waals surface area contributed by atoms with Crippen LogP contribution in [0.1, 0.15) is 25.7 Å². The van der Waals surface area contributed by atoms with Crippen LogP contribution >= 0.6 is 0 Å². The molecule has 0 radical (unpaired) electrons. The molecule has 1 unspecified atom stereocenters. The summed E-state index contributed by atoms with van der Waals surface area (Å²) < 4.78 is 12.6. The lowest BCUT2D eigenvalue weighted by molar-refractivity contribution is -0.139. The molecule has 0 aromatic heterocycles. The van der Waals surface area contributed by atoms with Gasteiger partial charge in [-0.25, -0.2) is 4.39 Å². The molecule has 0 aromatic carbocycles. The van der Waals surface area contributed by atoms with Crippen molar-refractivity contribution in [1.29, 1.82) is 0 Å². The third kappa shape index (κ3) is 2.18. The Balaban J connectivity index is 1.89. The van der Waals surface area contributed by atoms with Gasteiger partial charge in [-0.3, -0.25) is 9.59 Å². The molecule has 0 bridgehead atoms. The Morgan fingerprint density at radius 1 is 1.38 bits per heavy atom. The van der Waals surface area contributed by atoms with Crippen molar-refractivity contribution < 1.29 is 14.0 Å². The van der Waals surface area contributed by atoms with Gasteiger partial charge < -0.3 is 9.80 Å². The SMILES string of the molecule is O=C1CCCN1CC(=O)N1CCCC1CF. The second kappa shape index (κ2) is 4.80. The largest absolute Gasteiger partial charge is 0.336 e. The second-order valence-corrected chi connectivity index (χ2v) is 4.46. The summed E-state index contributed by atoms with van der Waals surface area (Å²) in [5.74, 6) is -0.0558. The number of hydrogen-bond acceptors (Lipinski definition) is 2. The lowest BCUT2D eigenvalue weighted by Gasteiger charge is -2.25. The summed E-state index contributed by atoms with van der Waals surface area (Å²) in [7, 11) is 0. The number of carbonyl (C=O) groups is 2. The summed E-state index contributed by atoms with van der Waals surface area (Å²) in [6.07, 6.45) is 2.99. The molecule has 0 aliphatic carbocycles. The Hall–Kier alpha value is -1.13. The van der Waals surface area contributed by atoms with E-state index in [0.717, 1.165) is 19.3 Å². The summed E-state index contributed by atoms with van der Waals surface area (Å²) in [6.45, 7) is 0.961. The number of halogens is 1. The quantitative estimate of drug-likeness (QED) is 0.708. The number of amides is 2. The standard InChI is InChI=1S/C11H17FN2O2/c12-7-9-3-1-6-14(9)11(16)8-13-5-2-4-10(13)15/h9H,1-8H2. The van der Waals surface area contributed by atoms with Gasteiger partial charge in [0.2, 0.25) is 11.8 Å². The highest BCUT2D eigenvalue weighted by Crippen LogP contribution is 2.19. The molecule has 5 heteroatoms. The first kappa shape index (κ1) is 11.4. The van der Waals surface area contributed by atoms with Crippen LogP contribution in [-0.2, 0) is 9.59 Å². The van der Waals surface area contributed by atoms with Crippen molar-refractivity contribution in [3.63, 3.8) is 0 Å². The molecule has 1 atom stereocenters. The van der Waals surface area contributed by atoms with E-state index >= 15 is 0 Å². The lowest BCUT2D eigenvalue weighted by atomic mass is 10.2. The third-order valence-electron chi connectivity index (χ3n) is 3.37. The highest BCUT2D eigenvalue weighted by Gasteiger charge is 2.31. The molecule has 0 saturated carbocycles. The summed E-state index contributed by atoms with van der Waals surface area (Å²) >= 11 is 0. The normalized spacial score (nSPS) is 25.6. The first-order chi connectivity index (χ1) is 7.72. The predicted octanol–water partition coefficient (Wildman–Crippen LogP) is 0.569. The zero-order valence-corrected chi connectivity index (χ0v) is 9.32. The fourth-order valence-corrected chi connectivity index (χ4v) is 2.45. The highest BCUT2D eigenvalue weighted by molar-refractivity contribution is 5.86. The van der Waals surface area contributed by atoms with E-state index in [0.29, 0.717) is 19.5 Å². The van der Waals surface area contributed by atoms with E-state index in [-0.39, 0.29) is 24.4 Å². The maximum Gasteiger partial charge on any atom is 0.242 e. The average Bonchev–Trinajstić information content (AvgIpc) is 2.87. The number of carbonyl (C=O) groups excluding carboxylic acids is 2. The molecule has 90 valence electrons. The monoisotopic (exact) mass is 228 g/mol. The van der Waals surface area contributed by atoms with Crippen molar-refractivity contribution in [3.8, 4) is 0 Å². The van der Waals surface area contributed by atoms with Crippen LogP contribution in [0.25, 0.3) is 0 Å². The van der Waals surface area contributed by atoms with Crippen LogP contribution in [0.2, 0.25) is 0 Å². The van der Waals surface area contributed by atoms with Gasteiger partial charge in [0.05, 0.1) is 12.6 Å². The van der Waals surface area contributed by atoms with Crippen LogP contribution in [0.5, 0.6) is 0 Å². The Kier molecular flexibility index (Phi) is 3.41. The molecule has 2 rings (SSSR count). The van der Waals surface area contributed by atoms with Gasteiger partial charge in [0.1, 0.15) is 6.67 Å². The van der Waals surface area contributed by atoms with Crippen LogP contribution in [0, 0.1) is 0 Å². The summed E-state index contributed by atoms with van der Waals surface area (Å²) in [5.41, 5.74) is 0. The number of nitrogens with zero attached hydrogens (tertiary/aromatic N) is 2. The highest BCUT2D eigenvalue weighted by atomic mass is 19.1. The molecular formula is C11H17FN2O2. The summed E-state index contributed by atoms with van der Waals surface area (Å²) in [6, 6.07) is -0.259. The zero-order chi connectivity index (χ0) is 11.5. The molecule has 0 N–H and O–H groups in total. The number of alkyl halides is 1. The van der Waals surface area contributed by atoms with E-state index in [4.69, 9.17) is 0 Å². The van der Waals surface area contributed by atoms with Gasteiger partial charge >= 0.3 is 0 Å². The molecule has 2 saturated heterocycles. The van der Waals surface area contributed by atoms with Gasteiger partial charge in [0.25, 0.3) is 0 Å². The van der Waals surface area contributed by atoms with Gasteiger partial charge in [-0.1, -0.05) is 0 Å². The Bertz CT molecular complexity index is 296. The lowest BCUT2D eigenvalue weighted by Crippen LogP contribution is -2.43. The fourth-order valence-electron chi connectivity index (χ4n) is 2.45. The van der Waals surface area contributed by atoms with E-state index in [9.17, 15) is 14.0 Å². The Morgan fingerprint density at radius 2 is 2.19 bits per heavy atom. The molecule has 2 amide bonds. The van der Waals surface area contributed by atoms with Gasteiger partial charge in [-0.15, -0.1) is 0 Å². The minimum absolute atomic E-state index is 0.0457. The molecule has 4 nitrogen and oxygen atoms in total. The van der Waals surface area contributed by atoms with Gasteiger partial charge in [-0.2, -0.15) is 0 Å². The van der Waals surface area contributed by atoms with E-state index in [2.05, 4.69) is 0 Å². The van der Waals surface area contributed by atoms with Crippen LogP contribution in [0.3, 0.4) is 0 Å². The van der Waals surface area contributed by atoms with Crippen molar-refractivity contribution in [2.45, 2.75) is 31.7 Å². The molecule has 2 aliphatic heterocycles. The number of hydrogen-bond donors (Lipinski definition) is 0. The van der Waals surface area contributed by atoms with Crippen LogP contribution < -0.4 is 0 Å². The smallest absolute Gasteiger partial charge is 0.242 e. The molecule has 2 aliphatic rings. The average molecular weight is 228 g/mol. The van der Waals surface area contributed by atoms with Gasteiger partial charge in [0.15, 0.2) is 0 Å². The molecule has 0 spiro atoms. The maximum atomic E-state index is 12.6. The first-order valence-corrected chi connectivity index (χ1v) is 5.85. The molecule has 2 fully saturated rings. The number of likely N-dealkylation sites (tertiary alicyclic amines) is 2. The maximum absolute atomic E-state index is 12.6. The zero-order valence-electron chi connectivity index (χ0n) is 9.32. The molecular weight excluding hydrogens is 211 g/mol. The van der Waals surface area contributed by atoms with Crippen molar-refractivity contribution in [2.24, 2.45) is 0 Å². The van der Waals surface area contributed by atoms with Gasteiger partial charge in [0, 0.05) is 19.5 Å². The van der Waals surface area contributed by atoms with Crippen LogP contribution in [0.15, 0.2) is 0 Å². The van der Waals surface area contributed by atoms with Crippen LogP contribution in [-0.4, -0.2) is 54.0 Å². The minimum atomic E-state index is -0.473. The van der Waals surface area contributed by atoms with Crippen LogP contribution in [0.4, 0.5) is 4.39 Å². The predicted molar refractivity (Wildman–Crippen MR) is 56.5 cm³/mol. The topological polar surface area (TPSA) is 40.6 Å². The van der Waals surface area contributed by atoms with Crippen molar-refractivity contribution in [3.05, 3.63) is 0 Å². The molecule has 2 heterocycles. The van der Waals surface area contributed by atoms with E-state index in [1.807, 2.05) is 0 Å². The van der Waals surface area contributed by atoms with E-state index in [1.165, 1.54) is 0 Å². The molecule has 0 aromatic rings. The van der Waals surface area contributed by atoms with Crippen molar-refractivity contribution >= 4 is 11.8 Å². The van der Waals surface area contributed by atoms with E-state index in [1.54, 1.807) is 9.80 Å². The summed E-state index contributed by atoms with van der Waals surface area (Å²) in [5, 5.41) is 0. The second-order valence-electron chi connectivity index (χ2n) is 4.46. The summed E-state index contributed by atoms with van der Waals surface area (Å²) in [4.78, 5) is 26.4. The first-order valence-electron chi connectivity index (χ1n) is 5.85. The van der Waals surface area contributed by atoms with Crippen molar-refractivity contribution in [2.75, 3.05) is 26.3 Å².